The van der Waals surface area contributed by atoms with E-state index >= 15 is 0 Å². The Kier molecular flexibility index (Phi) is 6.35. The highest BCUT2D eigenvalue weighted by Gasteiger charge is 2.43. The van der Waals surface area contributed by atoms with E-state index in [0.29, 0.717) is 18.1 Å². The quantitative estimate of drug-likeness (QED) is 0.517. The van der Waals surface area contributed by atoms with Gasteiger partial charge in [-0.15, -0.1) is 12.4 Å². The van der Waals surface area contributed by atoms with Gasteiger partial charge in [-0.25, -0.2) is 0 Å². The molecule has 0 amide bonds. The monoisotopic (exact) mass is 561 g/mol. The van der Waals surface area contributed by atoms with Crippen molar-refractivity contribution < 1.29 is 28.4 Å². The van der Waals surface area contributed by atoms with Gasteiger partial charge in [-0.3, -0.25) is 4.90 Å². The average molecular weight is 562 g/mol. The highest BCUT2D eigenvalue weighted by molar-refractivity contribution is 14.1. The molecule has 2 atom stereocenters. The number of methoxy groups -OCH3 is 3. The van der Waals surface area contributed by atoms with E-state index in [9.17, 15) is 0 Å². The van der Waals surface area contributed by atoms with Crippen LogP contribution in [0.5, 0.6) is 28.7 Å². The van der Waals surface area contributed by atoms with Crippen molar-refractivity contribution in [2.75, 3.05) is 41.7 Å². The smallest absolute Gasteiger partial charge is 0.231 e. The predicted molar refractivity (Wildman–Crippen MR) is 125 cm³/mol. The lowest BCUT2D eigenvalue weighted by molar-refractivity contribution is -0.00489. The number of hydrogen-bond donors (Lipinski definition) is 0. The van der Waals surface area contributed by atoms with Crippen molar-refractivity contribution in [1.82, 2.24) is 4.90 Å². The number of benzene rings is 2. The Morgan fingerprint density at radius 1 is 1.00 bits per heavy atom. The summed E-state index contributed by atoms with van der Waals surface area (Å²) >= 11 is 2.37. The van der Waals surface area contributed by atoms with Gasteiger partial charge in [0, 0.05) is 17.7 Å². The van der Waals surface area contributed by atoms with E-state index in [1.54, 1.807) is 21.3 Å². The molecule has 0 radical (unpaired) electrons. The van der Waals surface area contributed by atoms with E-state index in [2.05, 4.69) is 40.6 Å². The molecule has 3 aliphatic heterocycles. The lowest BCUT2D eigenvalue weighted by Crippen LogP contribution is -2.36. The molecule has 2 aromatic carbocycles. The summed E-state index contributed by atoms with van der Waals surface area (Å²) in [6.07, 6.45) is 0.757. The molecule has 31 heavy (non-hydrogen) atoms. The number of nitrogens with zero attached hydrogens (tertiary/aromatic N) is 1. The van der Waals surface area contributed by atoms with Crippen molar-refractivity contribution in [3.8, 4) is 28.7 Å². The van der Waals surface area contributed by atoms with Crippen LogP contribution in [0.4, 0.5) is 0 Å². The van der Waals surface area contributed by atoms with Gasteiger partial charge < -0.3 is 28.4 Å². The lowest BCUT2D eigenvalue weighted by Gasteiger charge is -2.39. The van der Waals surface area contributed by atoms with E-state index in [0.717, 1.165) is 50.5 Å². The van der Waals surface area contributed by atoms with Crippen LogP contribution in [0, 0.1) is 3.57 Å². The predicted octanol–water partition coefficient (Wildman–Crippen LogP) is 4.27. The first-order valence-corrected chi connectivity index (χ1v) is 10.9. The van der Waals surface area contributed by atoms with E-state index in [1.807, 2.05) is 6.07 Å². The van der Waals surface area contributed by atoms with Crippen LogP contribution >= 0.6 is 35.0 Å². The molecule has 9 heteroatoms. The molecule has 0 aromatic heterocycles. The molecule has 1 unspecified atom stereocenters. The van der Waals surface area contributed by atoms with Crippen molar-refractivity contribution in [2.45, 2.75) is 25.2 Å². The van der Waals surface area contributed by atoms with Crippen molar-refractivity contribution in [1.29, 1.82) is 0 Å². The minimum absolute atomic E-state index is 0. The molecule has 5 rings (SSSR count). The van der Waals surface area contributed by atoms with Crippen LogP contribution in [-0.4, -0.2) is 46.6 Å². The maximum absolute atomic E-state index is 6.38. The Hall–Kier alpha value is -1.62. The Balaban J connectivity index is 0.00000231. The molecule has 168 valence electrons. The van der Waals surface area contributed by atoms with E-state index in [1.165, 1.54) is 5.56 Å². The van der Waals surface area contributed by atoms with Crippen molar-refractivity contribution in [3.05, 3.63) is 38.0 Å². The summed E-state index contributed by atoms with van der Waals surface area (Å²) in [4.78, 5) is 2.33. The van der Waals surface area contributed by atoms with Crippen molar-refractivity contribution in [3.63, 3.8) is 0 Å². The minimum Gasteiger partial charge on any atom is -0.493 e. The summed E-state index contributed by atoms with van der Waals surface area (Å²) in [6, 6.07) is 4.01. The van der Waals surface area contributed by atoms with Gasteiger partial charge in [0.2, 0.25) is 12.5 Å². The normalized spacial score (nSPS) is 21.2. The molecule has 7 nitrogen and oxygen atoms in total. The van der Waals surface area contributed by atoms with Gasteiger partial charge >= 0.3 is 0 Å². The third-order valence-electron chi connectivity index (χ3n) is 6.23. The zero-order valence-electron chi connectivity index (χ0n) is 17.8. The molecular formula is C22H25ClINO6. The number of halogens is 2. The Bertz CT molecular complexity index is 1020. The van der Waals surface area contributed by atoms with Gasteiger partial charge in [-0.2, -0.15) is 0 Å². The SMILES string of the molecule is COc1ccc2c(c1OC)CO[C@@H]2C1c2c(c(I)c3c(c2OC)OCO3)CCN1C.Cl. The van der Waals surface area contributed by atoms with Crippen molar-refractivity contribution >= 4 is 35.0 Å². The number of ether oxygens (including phenoxy) is 6. The molecular weight excluding hydrogens is 537 g/mol. The number of likely N-dealkylation sites (N-methyl/N-ethyl adjacent to an activating group) is 1. The second kappa shape index (κ2) is 8.73. The second-order valence-electron chi connectivity index (χ2n) is 7.58. The standard InChI is InChI=1S/C22H24INO6.ClH/c1-24-8-7-12-15(20(27-4)22-21(16(12)23)29-10-30-22)17(24)19-11-5-6-14(25-2)18(26-3)13(11)9-28-19;/h5-6,17,19H,7-10H2,1-4H3;1H/t17?,19-;/m0./s1. The molecule has 0 aliphatic carbocycles. The minimum atomic E-state index is -0.158. The summed E-state index contributed by atoms with van der Waals surface area (Å²) in [6.45, 7) is 1.60. The van der Waals surface area contributed by atoms with Crippen LogP contribution in [0.15, 0.2) is 12.1 Å². The maximum Gasteiger partial charge on any atom is 0.231 e. The number of hydrogen-bond acceptors (Lipinski definition) is 7. The average Bonchev–Trinajstić information content (AvgIpc) is 3.41. The third kappa shape index (κ3) is 3.30. The first kappa shape index (κ1) is 22.6. The first-order valence-electron chi connectivity index (χ1n) is 9.84. The summed E-state index contributed by atoms with van der Waals surface area (Å²) < 4.78 is 36.1. The second-order valence-corrected chi connectivity index (χ2v) is 8.66. The van der Waals surface area contributed by atoms with Crippen LogP contribution in [0.2, 0.25) is 0 Å². The zero-order chi connectivity index (χ0) is 21.0. The molecule has 3 heterocycles. The summed E-state index contributed by atoms with van der Waals surface area (Å²) in [7, 11) is 7.14. The molecule has 3 aliphatic rings. The summed E-state index contributed by atoms with van der Waals surface area (Å²) in [5, 5.41) is 0. The summed E-state index contributed by atoms with van der Waals surface area (Å²) in [5.41, 5.74) is 4.52. The molecule has 0 spiro atoms. The molecule has 0 bridgehead atoms. The molecule has 2 aromatic rings. The van der Waals surface area contributed by atoms with Gasteiger partial charge in [0.25, 0.3) is 0 Å². The fourth-order valence-electron chi connectivity index (χ4n) is 4.86. The van der Waals surface area contributed by atoms with Crippen LogP contribution in [0.25, 0.3) is 0 Å². The largest absolute Gasteiger partial charge is 0.493 e. The van der Waals surface area contributed by atoms with Crippen LogP contribution in [0.1, 0.15) is 34.4 Å². The number of rotatable bonds is 4. The maximum atomic E-state index is 6.38. The van der Waals surface area contributed by atoms with Gasteiger partial charge in [0.1, 0.15) is 6.10 Å². The van der Waals surface area contributed by atoms with E-state index in [-0.39, 0.29) is 31.3 Å². The van der Waals surface area contributed by atoms with Gasteiger partial charge in [0.15, 0.2) is 23.0 Å². The van der Waals surface area contributed by atoms with Crippen LogP contribution in [0.3, 0.4) is 0 Å². The third-order valence-corrected chi connectivity index (χ3v) is 7.37. The lowest BCUT2D eigenvalue weighted by atomic mass is 9.85. The topological polar surface area (TPSA) is 58.6 Å². The van der Waals surface area contributed by atoms with Crippen molar-refractivity contribution in [2.24, 2.45) is 0 Å². The molecule has 0 saturated carbocycles. The highest BCUT2D eigenvalue weighted by atomic mass is 127. The zero-order valence-corrected chi connectivity index (χ0v) is 20.8. The van der Waals surface area contributed by atoms with Crippen LogP contribution < -0.4 is 23.7 Å². The van der Waals surface area contributed by atoms with E-state index in [4.69, 9.17) is 28.4 Å². The Morgan fingerprint density at radius 3 is 2.45 bits per heavy atom. The first-order chi connectivity index (χ1) is 14.6. The number of fused-ring (bicyclic) bond motifs is 3. The van der Waals surface area contributed by atoms with E-state index < -0.39 is 0 Å². The molecule has 0 N–H and O–H groups in total. The fourth-order valence-corrected chi connectivity index (χ4v) is 5.82. The van der Waals surface area contributed by atoms with Crippen LogP contribution in [-0.2, 0) is 17.8 Å². The Labute approximate surface area is 201 Å². The van der Waals surface area contributed by atoms with Gasteiger partial charge in [-0.1, -0.05) is 6.07 Å². The summed E-state index contributed by atoms with van der Waals surface area (Å²) in [5.74, 6) is 3.67. The molecule has 0 fully saturated rings. The molecule has 0 saturated heterocycles. The highest BCUT2D eigenvalue weighted by Crippen LogP contribution is 2.56. The van der Waals surface area contributed by atoms with Gasteiger partial charge in [-0.05, 0) is 53.3 Å². The fraction of sp³-hybridized carbons (Fsp3) is 0.455. The van der Waals surface area contributed by atoms with Gasteiger partial charge in [0.05, 0.1) is 37.5 Å². The Morgan fingerprint density at radius 2 is 1.74 bits per heavy atom.